The molecule has 80 valence electrons. The molecule has 1 aliphatic rings. The van der Waals surface area contributed by atoms with Crippen molar-refractivity contribution < 1.29 is 0 Å². The average Bonchev–Trinajstić information content (AvgIpc) is 2.17. The topological polar surface area (TPSA) is 0 Å². The number of benzene rings is 1. The molecule has 0 saturated carbocycles. The Bertz CT molecular complexity index is 396. The van der Waals surface area contributed by atoms with Crippen LogP contribution in [0.25, 0.3) is 5.57 Å². The van der Waals surface area contributed by atoms with Crippen LogP contribution in [0.3, 0.4) is 0 Å². The summed E-state index contributed by atoms with van der Waals surface area (Å²) in [5, 5.41) is 0. The summed E-state index contributed by atoms with van der Waals surface area (Å²) in [4.78, 5) is 0. The first-order valence-corrected chi connectivity index (χ1v) is 5.87. The van der Waals surface area contributed by atoms with Crippen LogP contribution in [0.4, 0.5) is 0 Å². The standard InChI is InChI=1S/C15H20/c1-10(2)13-8-6-12(4)14-7-5-11(3)9-15(13)14/h5-7,9-10,13H,8H2,1-4H3/t13-/m1/s1. The van der Waals surface area contributed by atoms with Gasteiger partial charge in [0.25, 0.3) is 0 Å². The van der Waals surface area contributed by atoms with Crippen LogP contribution in [0.2, 0.25) is 0 Å². The molecule has 0 aromatic heterocycles. The third kappa shape index (κ3) is 1.86. The smallest absolute Gasteiger partial charge is 0.00980 e. The van der Waals surface area contributed by atoms with Crippen molar-refractivity contribution in [1.29, 1.82) is 0 Å². The van der Waals surface area contributed by atoms with Crippen molar-refractivity contribution >= 4 is 5.57 Å². The minimum atomic E-state index is 0.712. The second-order valence-electron chi connectivity index (χ2n) is 5.06. The first kappa shape index (κ1) is 10.5. The minimum absolute atomic E-state index is 0.712. The van der Waals surface area contributed by atoms with E-state index in [0.29, 0.717) is 5.92 Å². The fourth-order valence-corrected chi connectivity index (χ4v) is 2.52. The van der Waals surface area contributed by atoms with E-state index < -0.39 is 0 Å². The Morgan fingerprint density at radius 1 is 1.20 bits per heavy atom. The highest BCUT2D eigenvalue weighted by Crippen LogP contribution is 2.38. The van der Waals surface area contributed by atoms with Crippen LogP contribution in [-0.4, -0.2) is 0 Å². The van der Waals surface area contributed by atoms with Gasteiger partial charge in [-0.25, -0.2) is 0 Å². The predicted molar refractivity (Wildman–Crippen MR) is 67.0 cm³/mol. The summed E-state index contributed by atoms with van der Waals surface area (Å²) in [5.41, 5.74) is 5.85. The molecule has 1 aliphatic carbocycles. The van der Waals surface area contributed by atoms with E-state index in [9.17, 15) is 0 Å². The molecule has 15 heavy (non-hydrogen) atoms. The first-order chi connectivity index (χ1) is 7.09. The van der Waals surface area contributed by atoms with E-state index in [1.54, 1.807) is 5.56 Å². The summed E-state index contributed by atoms with van der Waals surface area (Å²) in [7, 11) is 0. The summed E-state index contributed by atoms with van der Waals surface area (Å²) >= 11 is 0. The normalized spacial score (nSPS) is 20.1. The zero-order valence-corrected chi connectivity index (χ0v) is 10.2. The largest absolute Gasteiger partial charge is 0.0804 e. The van der Waals surface area contributed by atoms with Crippen molar-refractivity contribution in [2.24, 2.45) is 5.92 Å². The van der Waals surface area contributed by atoms with Gasteiger partial charge in [-0.3, -0.25) is 0 Å². The maximum absolute atomic E-state index is 2.39. The van der Waals surface area contributed by atoms with Crippen molar-refractivity contribution in [3.63, 3.8) is 0 Å². The van der Waals surface area contributed by atoms with Crippen molar-refractivity contribution in [1.82, 2.24) is 0 Å². The van der Waals surface area contributed by atoms with E-state index in [1.807, 2.05) is 0 Å². The number of rotatable bonds is 1. The highest BCUT2D eigenvalue weighted by Gasteiger charge is 2.22. The van der Waals surface area contributed by atoms with Crippen molar-refractivity contribution in [3.05, 3.63) is 41.0 Å². The van der Waals surface area contributed by atoms with Gasteiger partial charge in [0.15, 0.2) is 0 Å². The molecule has 0 N–H and O–H groups in total. The Balaban J connectivity index is 2.53. The summed E-state index contributed by atoms with van der Waals surface area (Å²) in [6.07, 6.45) is 3.60. The SMILES string of the molecule is CC1=CC[C@H](C(C)C)c2cc(C)ccc21. The fraction of sp³-hybridized carbons (Fsp3) is 0.467. The third-order valence-corrected chi connectivity index (χ3v) is 3.51. The van der Waals surface area contributed by atoms with Crippen LogP contribution in [0, 0.1) is 12.8 Å². The molecule has 1 atom stereocenters. The molecule has 2 rings (SSSR count). The molecule has 0 heteroatoms. The van der Waals surface area contributed by atoms with Crippen molar-refractivity contribution in [3.8, 4) is 0 Å². The number of fused-ring (bicyclic) bond motifs is 1. The van der Waals surface area contributed by atoms with Gasteiger partial charge >= 0.3 is 0 Å². The van der Waals surface area contributed by atoms with Crippen LogP contribution in [0.15, 0.2) is 24.3 Å². The lowest BCUT2D eigenvalue weighted by Crippen LogP contribution is -2.12. The Hall–Kier alpha value is -1.04. The van der Waals surface area contributed by atoms with E-state index in [-0.39, 0.29) is 0 Å². The molecule has 0 fully saturated rings. The monoisotopic (exact) mass is 200 g/mol. The molecule has 0 spiro atoms. The number of aryl methyl sites for hydroxylation is 1. The van der Waals surface area contributed by atoms with Gasteiger partial charge in [0.05, 0.1) is 0 Å². The second-order valence-corrected chi connectivity index (χ2v) is 5.06. The molecule has 0 bridgehead atoms. The van der Waals surface area contributed by atoms with E-state index in [0.717, 1.165) is 5.92 Å². The van der Waals surface area contributed by atoms with Gasteiger partial charge in [0.1, 0.15) is 0 Å². The molecular formula is C15H20. The third-order valence-electron chi connectivity index (χ3n) is 3.51. The second kappa shape index (κ2) is 3.84. The molecule has 0 radical (unpaired) electrons. The number of hydrogen-bond acceptors (Lipinski definition) is 0. The first-order valence-electron chi connectivity index (χ1n) is 5.87. The van der Waals surface area contributed by atoms with Gasteiger partial charge in [-0.1, -0.05) is 43.7 Å². The van der Waals surface area contributed by atoms with Crippen LogP contribution in [0.5, 0.6) is 0 Å². The molecule has 0 saturated heterocycles. The van der Waals surface area contributed by atoms with Crippen molar-refractivity contribution in [2.45, 2.75) is 40.0 Å². The molecule has 0 heterocycles. The molecule has 0 nitrogen and oxygen atoms in total. The highest BCUT2D eigenvalue weighted by atomic mass is 14.3. The van der Waals surface area contributed by atoms with E-state index in [2.05, 4.69) is 52.0 Å². The van der Waals surface area contributed by atoms with Gasteiger partial charge in [-0.15, -0.1) is 0 Å². The molecular weight excluding hydrogens is 180 g/mol. The molecule has 1 aromatic rings. The maximum atomic E-state index is 2.39. The zero-order valence-electron chi connectivity index (χ0n) is 10.2. The summed E-state index contributed by atoms with van der Waals surface area (Å²) < 4.78 is 0. The molecule has 0 aliphatic heterocycles. The Kier molecular flexibility index (Phi) is 2.68. The highest BCUT2D eigenvalue weighted by molar-refractivity contribution is 5.69. The average molecular weight is 200 g/mol. The van der Waals surface area contributed by atoms with Crippen LogP contribution in [-0.2, 0) is 0 Å². The van der Waals surface area contributed by atoms with Gasteiger partial charge < -0.3 is 0 Å². The summed E-state index contributed by atoms with van der Waals surface area (Å²) in [5.74, 6) is 1.44. The van der Waals surface area contributed by atoms with Crippen LogP contribution >= 0.6 is 0 Å². The lowest BCUT2D eigenvalue weighted by atomic mass is 9.77. The summed E-state index contributed by atoms with van der Waals surface area (Å²) in [6.45, 7) is 9.06. The fourth-order valence-electron chi connectivity index (χ4n) is 2.52. The van der Waals surface area contributed by atoms with E-state index in [4.69, 9.17) is 0 Å². The van der Waals surface area contributed by atoms with Gasteiger partial charge in [0.2, 0.25) is 0 Å². The van der Waals surface area contributed by atoms with Gasteiger partial charge in [0, 0.05) is 0 Å². The quantitative estimate of drug-likeness (QED) is 0.624. The van der Waals surface area contributed by atoms with Crippen molar-refractivity contribution in [2.75, 3.05) is 0 Å². The lowest BCUT2D eigenvalue weighted by molar-refractivity contribution is 0.498. The molecule has 0 amide bonds. The maximum Gasteiger partial charge on any atom is -0.00980 e. The summed E-state index contributed by atoms with van der Waals surface area (Å²) in [6, 6.07) is 6.88. The predicted octanol–water partition coefficient (Wildman–Crippen LogP) is 4.54. The van der Waals surface area contributed by atoms with E-state index in [1.165, 1.54) is 23.1 Å². The van der Waals surface area contributed by atoms with Crippen LogP contribution in [0.1, 0.15) is 49.8 Å². The van der Waals surface area contributed by atoms with Gasteiger partial charge in [-0.05, 0) is 48.8 Å². The Morgan fingerprint density at radius 2 is 1.93 bits per heavy atom. The number of allylic oxidation sites excluding steroid dienone is 2. The minimum Gasteiger partial charge on any atom is -0.0804 e. The molecule has 0 unspecified atom stereocenters. The Labute approximate surface area is 93.0 Å². The zero-order chi connectivity index (χ0) is 11.0. The van der Waals surface area contributed by atoms with Gasteiger partial charge in [-0.2, -0.15) is 0 Å². The van der Waals surface area contributed by atoms with Crippen LogP contribution < -0.4 is 0 Å². The molecule has 1 aromatic carbocycles. The Morgan fingerprint density at radius 3 is 2.60 bits per heavy atom. The lowest BCUT2D eigenvalue weighted by Gasteiger charge is -2.27. The number of hydrogen-bond donors (Lipinski definition) is 0. The van der Waals surface area contributed by atoms with E-state index >= 15 is 0 Å².